The lowest BCUT2D eigenvalue weighted by atomic mass is 10.1. The molecule has 1 rings (SSSR count). The Morgan fingerprint density at radius 2 is 1.95 bits per heavy atom. The zero-order chi connectivity index (χ0) is 15.0. The SMILES string of the molecule is COC(=O)CCCS(=O)(=O)NC(C)Cc1ccccc1. The van der Waals surface area contributed by atoms with E-state index in [1.165, 1.54) is 7.11 Å². The van der Waals surface area contributed by atoms with Crippen molar-refractivity contribution in [2.45, 2.75) is 32.2 Å². The predicted octanol–water partition coefficient (Wildman–Crippen LogP) is 1.49. The van der Waals surface area contributed by atoms with Crippen LogP contribution >= 0.6 is 0 Å². The van der Waals surface area contributed by atoms with E-state index in [0.29, 0.717) is 6.42 Å². The first kappa shape index (κ1) is 16.7. The van der Waals surface area contributed by atoms with Gasteiger partial charge in [0, 0.05) is 12.5 Å². The first-order valence-corrected chi connectivity index (χ1v) is 8.19. The molecule has 0 saturated carbocycles. The second-order valence-corrected chi connectivity index (χ2v) is 6.58. The van der Waals surface area contributed by atoms with Crippen molar-refractivity contribution in [3.63, 3.8) is 0 Å². The van der Waals surface area contributed by atoms with Crippen molar-refractivity contribution in [2.24, 2.45) is 0 Å². The van der Waals surface area contributed by atoms with Crippen LogP contribution in [0.25, 0.3) is 0 Å². The van der Waals surface area contributed by atoms with Crippen molar-refractivity contribution in [3.8, 4) is 0 Å². The van der Waals surface area contributed by atoms with E-state index in [9.17, 15) is 13.2 Å². The fraction of sp³-hybridized carbons (Fsp3) is 0.500. The Morgan fingerprint density at radius 1 is 1.30 bits per heavy atom. The van der Waals surface area contributed by atoms with Crippen LogP contribution in [0.1, 0.15) is 25.3 Å². The van der Waals surface area contributed by atoms with Crippen LogP contribution in [-0.4, -0.2) is 33.3 Å². The van der Waals surface area contributed by atoms with Gasteiger partial charge in [0.05, 0.1) is 12.9 Å². The van der Waals surface area contributed by atoms with Crippen LogP contribution in [-0.2, 0) is 26.0 Å². The van der Waals surface area contributed by atoms with Crippen molar-refractivity contribution in [1.82, 2.24) is 4.72 Å². The maximum absolute atomic E-state index is 11.8. The number of sulfonamides is 1. The molecule has 1 aromatic rings. The molecule has 0 amide bonds. The number of hydrogen-bond donors (Lipinski definition) is 1. The largest absolute Gasteiger partial charge is 0.469 e. The first-order chi connectivity index (χ1) is 9.43. The molecule has 0 heterocycles. The van der Waals surface area contributed by atoms with Gasteiger partial charge in [-0.1, -0.05) is 30.3 Å². The standard InChI is InChI=1S/C14H21NO4S/c1-12(11-13-7-4-3-5-8-13)15-20(17,18)10-6-9-14(16)19-2/h3-5,7-8,12,15H,6,9-11H2,1-2H3. The second-order valence-electron chi connectivity index (χ2n) is 4.71. The first-order valence-electron chi connectivity index (χ1n) is 6.53. The van der Waals surface area contributed by atoms with E-state index >= 15 is 0 Å². The molecule has 0 aromatic heterocycles. The van der Waals surface area contributed by atoms with E-state index in [2.05, 4.69) is 9.46 Å². The van der Waals surface area contributed by atoms with Crippen LogP contribution < -0.4 is 4.72 Å². The molecule has 20 heavy (non-hydrogen) atoms. The molecule has 1 aromatic carbocycles. The molecule has 5 nitrogen and oxygen atoms in total. The van der Waals surface area contributed by atoms with Gasteiger partial charge in [0.25, 0.3) is 0 Å². The van der Waals surface area contributed by atoms with Crippen LogP contribution in [0, 0.1) is 0 Å². The quantitative estimate of drug-likeness (QED) is 0.738. The van der Waals surface area contributed by atoms with E-state index in [4.69, 9.17) is 0 Å². The van der Waals surface area contributed by atoms with Gasteiger partial charge in [0.1, 0.15) is 0 Å². The lowest BCUT2D eigenvalue weighted by Crippen LogP contribution is -2.35. The van der Waals surface area contributed by atoms with Crippen molar-refractivity contribution in [2.75, 3.05) is 12.9 Å². The fourth-order valence-corrected chi connectivity index (χ4v) is 3.22. The second kappa shape index (κ2) is 8.01. The van der Waals surface area contributed by atoms with Gasteiger partial charge in [-0.05, 0) is 25.3 Å². The highest BCUT2D eigenvalue weighted by Gasteiger charge is 2.15. The number of carbonyl (C=O) groups excluding carboxylic acids is 1. The molecule has 0 radical (unpaired) electrons. The summed E-state index contributed by atoms with van der Waals surface area (Å²) in [5.74, 6) is -0.459. The summed E-state index contributed by atoms with van der Waals surface area (Å²) >= 11 is 0. The highest BCUT2D eigenvalue weighted by atomic mass is 32.2. The summed E-state index contributed by atoms with van der Waals surface area (Å²) in [5, 5.41) is 0. The maximum Gasteiger partial charge on any atom is 0.305 e. The molecule has 0 fully saturated rings. The minimum atomic E-state index is -3.36. The number of methoxy groups -OCH3 is 1. The molecule has 0 spiro atoms. The average Bonchev–Trinajstić information content (AvgIpc) is 2.38. The number of carbonyl (C=O) groups is 1. The molecule has 1 atom stereocenters. The minimum Gasteiger partial charge on any atom is -0.469 e. The molecule has 0 bridgehead atoms. The zero-order valence-electron chi connectivity index (χ0n) is 11.8. The lowest BCUT2D eigenvalue weighted by molar-refractivity contribution is -0.140. The van der Waals surface area contributed by atoms with E-state index in [1.807, 2.05) is 37.3 Å². The van der Waals surface area contributed by atoms with Crippen molar-refractivity contribution >= 4 is 16.0 Å². The van der Waals surface area contributed by atoms with Gasteiger partial charge in [-0.25, -0.2) is 13.1 Å². The third-order valence-electron chi connectivity index (χ3n) is 2.79. The van der Waals surface area contributed by atoms with Gasteiger partial charge in [0.2, 0.25) is 10.0 Å². The molecule has 1 unspecified atom stereocenters. The summed E-state index contributed by atoms with van der Waals surface area (Å²) in [4.78, 5) is 10.9. The summed E-state index contributed by atoms with van der Waals surface area (Å²) < 4.78 is 30.8. The number of esters is 1. The van der Waals surface area contributed by atoms with Crippen LogP contribution in [0.4, 0.5) is 0 Å². The Labute approximate surface area is 120 Å². The topological polar surface area (TPSA) is 72.5 Å². The van der Waals surface area contributed by atoms with Crippen molar-refractivity contribution in [3.05, 3.63) is 35.9 Å². The summed E-state index contributed by atoms with van der Waals surface area (Å²) in [5.41, 5.74) is 1.08. The van der Waals surface area contributed by atoms with Crippen LogP contribution in [0.5, 0.6) is 0 Å². The van der Waals surface area contributed by atoms with Crippen LogP contribution in [0.3, 0.4) is 0 Å². The van der Waals surface area contributed by atoms with Crippen molar-refractivity contribution in [1.29, 1.82) is 0 Å². The molecule has 112 valence electrons. The van der Waals surface area contributed by atoms with Gasteiger partial charge in [-0.3, -0.25) is 4.79 Å². The van der Waals surface area contributed by atoms with Gasteiger partial charge in [-0.15, -0.1) is 0 Å². The molecule has 6 heteroatoms. The normalized spacial score (nSPS) is 12.9. The van der Waals surface area contributed by atoms with Gasteiger partial charge in [0.15, 0.2) is 0 Å². The average molecular weight is 299 g/mol. The Balaban J connectivity index is 2.39. The third-order valence-corrected chi connectivity index (χ3v) is 4.37. The molecule has 0 aliphatic heterocycles. The maximum atomic E-state index is 11.8. The highest BCUT2D eigenvalue weighted by Crippen LogP contribution is 2.05. The molecule has 0 aliphatic rings. The number of nitrogens with one attached hydrogen (secondary N) is 1. The highest BCUT2D eigenvalue weighted by molar-refractivity contribution is 7.89. The number of benzene rings is 1. The summed E-state index contributed by atoms with van der Waals surface area (Å²) in [6.45, 7) is 1.82. The Morgan fingerprint density at radius 3 is 2.55 bits per heavy atom. The third kappa shape index (κ3) is 6.68. The van der Waals surface area contributed by atoms with Gasteiger partial charge in [-0.2, -0.15) is 0 Å². The summed E-state index contributed by atoms with van der Waals surface area (Å²) in [7, 11) is -2.07. The Hall–Kier alpha value is -1.40. The van der Waals surface area contributed by atoms with Gasteiger partial charge >= 0.3 is 5.97 Å². The molecule has 1 N–H and O–H groups in total. The number of hydrogen-bond acceptors (Lipinski definition) is 4. The van der Waals surface area contributed by atoms with E-state index in [0.717, 1.165) is 5.56 Å². The van der Waals surface area contributed by atoms with Gasteiger partial charge < -0.3 is 4.74 Å². The lowest BCUT2D eigenvalue weighted by Gasteiger charge is -2.14. The predicted molar refractivity (Wildman–Crippen MR) is 77.8 cm³/mol. The minimum absolute atomic E-state index is 0.0682. The Kier molecular flexibility index (Phi) is 6.67. The van der Waals surface area contributed by atoms with E-state index in [-0.39, 0.29) is 24.6 Å². The number of rotatable bonds is 8. The zero-order valence-corrected chi connectivity index (χ0v) is 12.7. The smallest absolute Gasteiger partial charge is 0.305 e. The Bertz CT molecular complexity index is 513. The summed E-state index contributed by atoms with van der Waals surface area (Å²) in [6, 6.07) is 9.51. The molecule has 0 saturated heterocycles. The number of ether oxygens (including phenoxy) is 1. The molecular formula is C14H21NO4S. The van der Waals surface area contributed by atoms with E-state index < -0.39 is 16.0 Å². The van der Waals surface area contributed by atoms with Crippen LogP contribution in [0.15, 0.2) is 30.3 Å². The molecular weight excluding hydrogens is 278 g/mol. The monoisotopic (exact) mass is 299 g/mol. The van der Waals surface area contributed by atoms with E-state index in [1.54, 1.807) is 0 Å². The van der Waals surface area contributed by atoms with Crippen molar-refractivity contribution < 1.29 is 17.9 Å². The fourth-order valence-electron chi connectivity index (χ4n) is 1.88. The van der Waals surface area contributed by atoms with Crippen LogP contribution in [0.2, 0.25) is 0 Å². The molecule has 0 aliphatic carbocycles. The summed E-state index contributed by atoms with van der Waals surface area (Å²) in [6.07, 6.45) is 1.02.